The zero-order chi connectivity index (χ0) is 11.4. The zero-order valence-electron chi connectivity index (χ0n) is 9.23. The number of hydrogen-bond acceptors (Lipinski definition) is 3. The Hall–Kier alpha value is -1.10. The van der Waals surface area contributed by atoms with Crippen molar-refractivity contribution in [1.29, 1.82) is 0 Å². The molecule has 0 spiro atoms. The third-order valence-corrected chi connectivity index (χ3v) is 3.75. The first-order chi connectivity index (χ1) is 7.81. The van der Waals surface area contributed by atoms with Gasteiger partial charge in [0.2, 0.25) is 0 Å². The molecule has 2 aromatic rings. The van der Waals surface area contributed by atoms with E-state index in [9.17, 15) is 5.11 Å². The van der Waals surface area contributed by atoms with Gasteiger partial charge < -0.3 is 15.4 Å². The summed E-state index contributed by atoms with van der Waals surface area (Å²) in [4.78, 5) is 4.24. The van der Waals surface area contributed by atoms with Crippen LogP contribution >= 0.6 is 11.3 Å². The monoisotopic (exact) mass is 236 g/mol. The van der Waals surface area contributed by atoms with Crippen LogP contribution in [0.15, 0.2) is 29.9 Å². The number of aliphatic hydroxyl groups excluding tert-OH is 1. The van der Waals surface area contributed by atoms with Gasteiger partial charge >= 0.3 is 0 Å². The molecule has 0 aromatic carbocycles. The van der Waals surface area contributed by atoms with Gasteiger partial charge in [-0.25, -0.2) is 0 Å². The van der Waals surface area contributed by atoms with Gasteiger partial charge in [-0.05, 0) is 35.6 Å². The van der Waals surface area contributed by atoms with Crippen LogP contribution in [0.3, 0.4) is 0 Å². The Kier molecular flexibility index (Phi) is 3.77. The fourth-order valence-corrected chi connectivity index (χ4v) is 2.69. The summed E-state index contributed by atoms with van der Waals surface area (Å²) in [5, 5.41) is 14.8. The fourth-order valence-electron chi connectivity index (χ4n) is 1.69. The minimum absolute atomic E-state index is 0.0369. The Morgan fingerprint density at radius 3 is 2.94 bits per heavy atom. The second-order valence-corrected chi connectivity index (χ2v) is 4.75. The lowest BCUT2D eigenvalue weighted by Gasteiger charge is -2.15. The molecule has 0 aliphatic carbocycles. The van der Waals surface area contributed by atoms with Crippen molar-refractivity contribution in [2.75, 3.05) is 6.61 Å². The van der Waals surface area contributed by atoms with Gasteiger partial charge in [-0.2, -0.15) is 0 Å². The molecule has 86 valence electrons. The molecule has 0 fully saturated rings. The van der Waals surface area contributed by atoms with Gasteiger partial charge in [0.15, 0.2) is 0 Å². The van der Waals surface area contributed by atoms with Crippen LogP contribution in [-0.4, -0.2) is 16.7 Å². The van der Waals surface area contributed by atoms with E-state index in [1.807, 2.05) is 18.5 Å². The van der Waals surface area contributed by atoms with Crippen molar-refractivity contribution in [3.63, 3.8) is 0 Å². The third-order valence-electron chi connectivity index (χ3n) is 2.62. The van der Waals surface area contributed by atoms with E-state index in [0.29, 0.717) is 0 Å². The van der Waals surface area contributed by atoms with Crippen LogP contribution in [-0.2, 0) is 6.54 Å². The molecular weight excluding hydrogens is 220 g/mol. The molecule has 1 unspecified atom stereocenters. The molecule has 2 aromatic heterocycles. The summed E-state index contributed by atoms with van der Waals surface area (Å²) in [7, 11) is 0. The van der Waals surface area contributed by atoms with Crippen LogP contribution in [0.2, 0.25) is 0 Å². The minimum Gasteiger partial charge on any atom is -0.394 e. The van der Waals surface area contributed by atoms with Gasteiger partial charge in [0.05, 0.1) is 12.6 Å². The maximum absolute atomic E-state index is 9.39. The van der Waals surface area contributed by atoms with Crippen molar-refractivity contribution in [3.8, 4) is 0 Å². The second-order valence-electron chi connectivity index (χ2n) is 3.80. The molecular formula is C12H16N2OS. The highest BCUT2D eigenvalue weighted by molar-refractivity contribution is 7.10. The molecule has 0 saturated heterocycles. The van der Waals surface area contributed by atoms with Gasteiger partial charge in [-0.15, -0.1) is 11.3 Å². The number of nitrogens with one attached hydrogen (secondary N) is 2. The number of rotatable bonds is 5. The molecule has 0 amide bonds. The first-order valence-corrected chi connectivity index (χ1v) is 6.19. The number of aromatic amines is 1. The summed E-state index contributed by atoms with van der Waals surface area (Å²) in [6, 6.07) is 4.15. The van der Waals surface area contributed by atoms with E-state index in [-0.39, 0.29) is 12.6 Å². The number of aryl methyl sites for hydroxylation is 1. The van der Waals surface area contributed by atoms with Gasteiger partial charge in [-0.1, -0.05) is 0 Å². The first kappa shape index (κ1) is 11.4. The maximum Gasteiger partial charge on any atom is 0.0655 e. The maximum atomic E-state index is 9.39. The second kappa shape index (κ2) is 5.30. The number of H-pyrrole nitrogens is 1. The first-order valence-electron chi connectivity index (χ1n) is 5.31. The fraction of sp³-hybridized carbons (Fsp3) is 0.333. The van der Waals surface area contributed by atoms with Gasteiger partial charge in [0, 0.05) is 23.8 Å². The molecule has 0 saturated carbocycles. The van der Waals surface area contributed by atoms with Gasteiger partial charge in [0.1, 0.15) is 0 Å². The van der Waals surface area contributed by atoms with Gasteiger partial charge in [0.25, 0.3) is 0 Å². The van der Waals surface area contributed by atoms with E-state index in [4.69, 9.17) is 0 Å². The van der Waals surface area contributed by atoms with E-state index in [2.05, 4.69) is 28.7 Å². The number of thiophene rings is 1. The van der Waals surface area contributed by atoms with Crippen molar-refractivity contribution >= 4 is 11.3 Å². The van der Waals surface area contributed by atoms with E-state index < -0.39 is 0 Å². The highest BCUT2D eigenvalue weighted by Crippen LogP contribution is 2.23. The minimum atomic E-state index is 0.0369. The summed E-state index contributed by atoms with van der Waals surface area (Å²) in [5.41, 5.74) is 2.44. The summed E-state index contributed by atoms with van der Waals surface area (Å²) >= 11 is 1.69. The lowest BCUT2D eigenvalue weighted by atomic mass is 10.1. The Balaban J connectivity index is 1.99. The largest absolute Gasteiger partial charge is 0.394 e. The lowest BCUT2D eigenvalue weighted by molar-refractivity contribution is 0.245. The molecule has 2 rings (SSSR count). The quantitative estimate of drug-likeness (QED) is 0.745. The topological polar surface area (TPSA) is 48.0 Å². The lowest BCUT2D eigenvalue weighted by Crippen LogP contribution is -2.23. The Morgan fingerprint density at radius 2 is 2.38 bits per heavy atom. The summed E-state index contributed by atoms with van der Waals surface area (Å²) in [6.45, 7) is 2.98. The average molecular weight is 236 g/mol. The van der Waals surface area contributed by atoms with Crippen LogP contribution in [0.25, 0.3) is 0 Å². The van der Waals surface area contributed by atoms with E-state index >= 15 is 0 Å². The van der Waals surface area contributed by atoms with Crippen LogP contribution in [0.5, 0.6) is 0 Å². The van der Waals surface area contributed by atoms with E-state index in [0.717, 1.165) is 6.54 Å². The number of hydrogen-bond donors (Lipinski definition) is 3. The van der Waals surface area contributed by atoms with Crippen LogP contribution in [0.1, 0.15) is 22.0 Å². The predicted molar refractivity (Wildman–Crippen MR) is 66.5 cm³/mol. The Morgan fingerprint density at radius 1 is 1.50 bits per heavy atom. The molecule has 0 bridgehead atoms. The predicted octanol–water partition coefficient (Wildman–Crippen LogP) is 2.21. The van der Waals surface area contributed by atoms with Crippen LogP contribution in [0, 0.1) is 6.92 Å². The van der Waals surface area contributed by atoms with Crippen LogP contribution in [0.4, 0.5) is 0 Å². The molecule has 4 heteroatoms. The molecule has 16 heavy (non-hydrogen) atoms. The van der Waals surface area contributed by atoms with Crippen molar-refractivity contribution in [3.05, 3.63) is 45.9 Å². The summed E-state index contributed by atoms with van der Waals surface area (Å²) in [5.74, 6) is 0. The number of aliphatic hydroxyl groups is 1. The van der Waals surface area contributed by atoms with Crippen molar-refractivity contribution in [1.82, 2.24) is 10.3 Å². The summed E-state index contributed by atoms with van der Waals surface area (Å²) in [6.07, 6.45) is 3.87. The molecule has 3 N–H and O–H groups in total. The molecule has 3 nitrogen and oxygen atoms in total. The smallest absolute Gasteiger partial charge is 0.0655 e. The molecule has 0 aliphatic rings. The normalized spacial score (nSPS) is 12.9. The van der Waals surface area contributed by atoms with Gasteiger partial charge in [-0.3, -0.25) is 0 Å². The molecule has 1 atom stereocenters. The van der Waals surface area contributed by atoms with E-state index in [1.54, 1.807) is 11.3 Å². The standard InChI is InChI=1S/C12H16N2OS/c1-9-3-5-16-12(9)11(8-15)14-7-10-2-4-13-6-10/h2-6,11,13-15H,7-8H2,1H3. The number of aromatic nitrogens is 1. The van der Waals surface area contributed by atoms with E-state index in [1.165, 1.54) is 16.0 Å². The van der Waals surface area contributed by atoms with Crippen LogP contribution < -0.4 is 5.32 Å². The summed E-state index contributed by atoms with van der Waals surface area (Å²) < 4.78 is 0. The zero-order valence-corrected chi connectivity index (χ0v) is 10.1. The Labute approximate surface area is 99.1 Å². The molecule has 0 radical (unpaired) electrons. The van der Waals surface area contributed by atoms with Crippen molar-refractivity contribution in [2.45, 2.75) is 19.5 Å². The van der Waals surface area contributed by atoms with Crippen molar-refractivity contribution < 1.29 is 5.11 Å². The molecule has 2 heterocycles. The Bertz CT molecular complexity index is 422. The molecule has 0 aliphatic heterocycles. The average Bonchev–Trinajstić information content (AvgIpc) is 2.92. The third kappa shape index (κ3) is 2.52. The van der Waals surface area contributed by atoms with Crippen molar-refractivity contribution in [2.24, 2.45) is 0 Å². The SMILES string of the molecule is Cc1ccsc1C(CO)NCc1cc[nH]c1. The highest BCUT2D eigenvalue weighted by Gasteiger charge is 2.13. The highest BCUT2D eigenvalue weighted by atomic mass is 32.1.